The number of nitrogens with zero attached hydrogens (tertiary/aromatic N) is 2. The summed E-state index contributed by atoms with van der Waals surface area (Å²) in [6, 6.07) is 0. The van der Waals surface area contributed by atoms with E-state index in [4.69, 9.17) is 0 Å². The van der Waals surface area contributed by atoms with Crippen LogP contribution < -0.4 is 0 Å². The van der Waals surface area contributed by atoms with Crippen molar-refractivity contribution in [2.45, 2.75) is 194 Å². The molecule has 0 N–H and O–H groups in total. The van der Waals surface area contributed by atoms with E-state index in [9.17, 15) is 0 Å². The molecule has 0 aliphatic heterocycles. The number of rotatable bonds is 36. The van der Waals surface area contributed by atoms with Crippen LogP contribution in [0.25, 0.3) is 0 Å². The van der Waals surface area contributed by atoms with Gasteiger partial charge in [-0.2, -0.15) is 11.8 Å². The quantitative estimate of drug-likeness (QED) is 0.0492. The summed E-state index contributed by atoms with van der Waals surface area (Å²) in [6.45, 7) is 10.00. The van der Waals surface area contributed by atoms with Gasteiger partial charge in [0.25, 0.3) is 0 Å². The Morgan fingerprint density at radius 2 is 0.488 bits per heavy atom. The summed E-state index contributed by atoms with van der Waals surface area (Å²) in [6.07, 6.45) is 40.7. The van der Waals surface area contributed by atoms with Crippen molar-refractivity contribution in [1.29, 1.82) is 0 Å². The molecule has 0 aromatic heterocycles. The third-order valence-corrected chi connectivity index (χ3v) is 10.9. The smallest absolute Gasteiger partial charge is 0.0874 e. The molecule has 0 heterocycles. The summed E-state index contributed by atoms with van der Waals surface area (Å²) in [4.78, 5) is 0. The van der Waals surface area contributed by atoms with Crippen molar-refractivity contribution in [3.05, 3.63) is 0 Å². The molecule has 2 nitrogen and oxygen atoms in total. The predicted molar refractivity (Wildman–Crippen MR) is 202 cm³/mol. The van der Waals surface area contributed by atoms with Crippen LogP contribution in [-0.2, 0) is 0 Å². The Morgan fingerprint density at radius 1 is 0.279 bits per heavy atom. The number of quaternary nitrogens is 2. The fourth-order valence-electron chi connectivity index (χ4n) is 6.42. The maximum absolute atomic E-state index is 2.46. The lowest BCUT2D eigenvalue weighted by atomic mass is 10.0. The molecule has 0 saturated heterocycles. The van der Waals surface area contributed by atoms with Crippen molar-refractivity contribution < 1.29 is 8.97 Å². The van der Waals surface area contributed by atoms with E-state index < -0.39 is 0 Å². The number of unbranched alkanes of at least 4 members (excludes halogenated alkanes) is 26. The standard InChI is InChI=1S/C40H86N2S/c1-7-9-11-13-15-17-19-21-23-25-27-29-31-33-35-41(3,4)37-39-43-40-38-42(5,6)36-34-32-30-28-26-24-22-20-18-16-14-12-10-8-2/h7-40H2,1-6H3/q+2. The molecule has 43 heavy (non-hydrogen) atoms. The second-order valence-corrected chi connectivity index (χ2v) is 16.8. The zero-order valence-electron chi connectivity index (χ0n) is 31.3. The fraction of sp³-hybridized carbons (Fsp3) is 1.00. The highest BCUT2D eigenvalue weighted by Crippen LogP contribution is 2.16. The molecule has 0 fully saturated rings. The minimum atomic E-state index is 1.21. The second kappa shape index (κ2) is 32.2. The monoisotopic (exact) mass is 627 g/mol. The van der Waals surface area contributed by atoms with E-state index in [0.29, 0.717) is 0 Å². The van der Waals surface area contributed by atoms with Crippen molar-refractivity contribution in [2.24, 2.45) is 0 Å². The van der Waals surface area contributed by atoms with Crippen molar-refractivity contribution >= 4 is 11.8 Å². The van der Waals surface area contributed by atoms with Crippen LogP contribution >= 0.6 is 11.8 Å². The number of hydrogen-bond acceptors (Lipinski definition) is 1. The summed E-state index contributed by atoms with van der Waals surface area (Å²) in [7, 11) is 9.83. The topological polar surface area (TPSA) is 0 Å². The lowest BCUT2D eigenvalue weighted by Crippen LogP contribution is -2.43. The van der Waals surface area contributed by atoms with E-state index in [1.807, 2.05) is 0 Å². The molecule has 260 valence electrons. The van der Waals surface area contributed by atoms with Crippen molar-refractivity contribution in [3.8, 4) is 0 Å². The van der Waals surface area contributed by atoms with Crippen LogP contribution in [0.4, 0.5) is 0 Å². The van der Waals surface area contributed by atoms with Gasteiger partial charge in [0.2, 0.25) is 0 Å². The summed E-state index contributed by atoms with van der Waals surface area (Å²) in [5.74, 6) is 2.65. The van der Waals surface area contributed by atoms with Gasteiger partial charge in [0.05, 0.1) is 54.4 Å². The molecular formula is C40H86N2S+2. The van der Waals surface area contributed by atoms with Gasteiger partial charge in [-0.05, 0) is 25.7 Å². The van der Waals surface area contributed by atoms with E-state index in [0.717, 1.165) is 0 Å². The van der Waals surface area contributed by atoms with Gasteiger partial charge < -0.3 is 8.97 Å². The molecule has 0 saturated carbocycles. The molecule has 0 rings (SSSR count). The Hall–Kier alpha value is 0.270. The highest BCUT2D eigenvalue weighted by Gasteiger charge is 2.16. The maximum Gasteiger partial charge on any atom is 0.0874 e. The second-order valence-electron chi connectivity index (χ2n) is 15.6. The Labute approximate surface area is 279 Å². The van der Waals surface area contributed by atoms with Gasteiger partial charge in [0.1, 0.15) is 0 Å². The van der Waals surface area contributed by atoms with Crippen LogP contribution in [0.15, 0.2) is 0 Å². The molecule has 0 aromatic rings. The SMILES string of the molecule is CCCCCCCCCCCCCCCC[N+](C)(C)CCSCC[N+](C)(C)CCCCCCCCCCCCCCCC. The molecule has 0 aliphatic carbocycles. The average Bonchev–Trinajstić information content (AvgIpc) is 2.97. The third-order valence-electron chi connectivity index (χ3n) is 9.92. The van der Waals surface area contributed by atoms with Crippen LogP contribution in [0.5, 0.6) is 0 Å². The molecule has 0 amide bonds. The van der Waals surface area contributed by atoms with E-state index >= 15 is 0 Å². The van der Waals surface area contributed by atoms with E-state index in [-0.39, 0.29) is 0 Å². The highest BCUT2D eigenvalue weighted by molar-refractivity contribution is 7.99. The molecule has 0 spiro atoms. The van der Waals surface area contributed by atoms with Gasteiger partial charge in [0.15, 0.2) is 0 Å². The molecule has 3 heteroatoms. The lowest BCUT2D eigenvalue weighted by Gasteiger charge is -2.31. The van der Waals surface area contributed by atoms with Crippen molar-refractivity contribution in [1.82, 2.24) is 0 Å². The molecule has 0 aliphatic rings. The average molecular weight is 627 g/mol. The fourth-order valence-corrected chi connectivity index (χ4v) is 7.87. The van der Waals surface area contributed by atoms with Crippen LogP contribution in [0.1, 0.15) is 194 Å². The summed E-state index contributed by atoms with van der Waals surface area (Å²) >= 11 is 2.20. The third kappa shape index (κ3) is 35.0. The lowest BCUT2D eigenvalue weighted by molar-refractivity contribution is -0.888. The molecule has 0 atom stereocenters. The zero-order chi connectivity index (χ0) is 31.7. The van der Waals surface area contributed by atoms with E-state index in [1.165, 1.54) is 226 Å². The Bertz CT molecular complexity index is 487. The first-order valence-corrected chi connectivity index (χ1v) is 21.2. The maximum atomic E-state index is 2.46. The van der Waals surface area contributed by atoms with Crippen molar-refractivity contribution in [2.75, 3.05) is 65.9 Å². The van der Waals surface area contributed by atoms with Crippen LogP contribution in [0.2, 0.25) is 0 Å². The number of hydrogen-bond donors (Lipinski definition) is 0. The van der Waals surface area contributed by atoms with Gasteiger partial charge in [-0.3, -0.25) is 0 Å². The minimum absolute atomic E-state index is 1.21. The minimum Gasteiger partial charge on any atom is -0.328 e. The predicted octanol–water partition coefficient (Wildman–Crippen LogP) is 12.8. The van der Waals surface area contributed by atoms with E-state index in [2.05, 4.69) is 53.8 Å². The number of thioether (sulfide) groups is 1. The van der Waals surface area contributed by atoms with Gasteiger partial charge in [0, 0.05) is 11.5 Å². The van der Waals surface area contributed by atoms with Crippen molar-refractivity contribution in [3.63, 3.8) is 0 Å². The molecule has 0 unspecified atom stereocenters. The van der Waals surface area contributed by atoms with Gasteiger partial charge >= 0.3 is 0 Å². The van der Waals surface area contributed by atoms with Gasteiger partial charge in [-0.1, -0.05) is 168 Å². The largest absolute Gasteiger partial charge is 0.328 e. The van der Waals surface area contributed by atoms with Crippen LogP contribution in [0.3, 0.4) is 0 Å². The Balaban J connectivity index is 3.49. The highest BCUT2D eigenvalue weighted by atomic mass is 32.2. The first-order chi connectivity index (χ1) is 20.8. The Morgan fingerprint density at radius 3 is 0.721 bits per heavy atom. The zero-order valence-corrected chi connectivity index (χ0v) is 32.2. The molecule has 0 aromatic carbocycles. The molecule has 0 radical (unpaired) electrons. The van der Waals surface area contributed by atoms with Gasteiger partial charge in [-0.25, -0.2) is 0 Å². The summed E-state index contributed by atoms with van der Waals surface area (Å²) < 4.78 is 2.42. The molecular weight excluding hydrogens is 541 g/mol. The summed E-state index contributed by atoms with van der Waals surface area (Å²) in [5.41, 5.74) is 0. The first-order valence-electron chi connectivity index (χ1n) is 20.0. The Kier molecular flexibility index (Phi) is 32.4. The normalized spacial score (nSPS) is 12.4. The summed E-state index contributed by atoms with van der Waals surface area (Å²) in [5, 5.41) is 0. The van der Waals surface area contributed by atoms with Crippen LogP contribution in [0, 0.1) is 0 Å². The van der Waals surface area contributed by atoms with E-state index in [1.54, 1.807) is 0 Å². The van der Waals surface area contributed by atoms with Gasteiger partial charge in [-0.15, -0.1) is 0 Å². The first kappa shape index (κ1) is 43.3. The molecule has 0 bridgehead atoms. The van der Waals surface area contributed by atoms with Crippen LogP contribution in [-0.4, -0.2) is 74.8 Å².